The summed E-state index contributed by atoms with van der Waals surface area (Å²) in [6.07, 6.45) is 0. The molecule has 1 rings (SSSR count). The van der Waals surface area contributed by atoms with Crippen molar-refractivity contribution < 1.29 is 4.79 Å². The molecule has 0 spiro atoms. The SMILES string of the molecule is CNC(=O)C(N[C@@H](C)c1ccccc1)C(C)(C)C. The van der Waals surface area contributed by atoms with Crippen LogP contribution >= 0.6 is 0 Å². The first-order valence-corrected chi connectivity index (χ1v) is 6.39. The highest BCUT2D eigenvalue weighted by Gasteiger charge is 2.31. The van der Waals surface area contributed by atoms with Crippen molar-refractivity contribution in [3.63, 3.8) is 0 Å². The van der Waals surface area contributed by atoms with E-state index >= 15 is 0 Å². The molecule has 0 aliphatic carbocycles. The van der Waals surface area contributed by atoms with Gasteiger partial charge in [-0.2, -0.15) is 0 Å². The third-order valence-electron chi connectivity index (χ3n) is 3.09. The summed E-state index contributed by atoms with van der Waals surface area (Å²) in [7, 11) is 1.68. The molecular formula is C15H24N2O. The number of nitrogens with one attached hydrogen (secondary N) is 2. The Morgan fingerprint density at radius 3 is 2.17 bits per heavy atom. The van der Waals surface area contributed by atoms with Crippen LogP contribution in [0.4, 0.5) is 0 Å². The van der Waals surface area contributed by atoms with E-state index in [0.717, 1.165) is 0 Å². The van der Waals surface area contributed by atoms with Gasteiger partial charge in [-0.3, -0.25) is 10.1 Å². The van der Waals surface area contributed by atoms with E-state index in [2.05, 4.69) is 50.5 Å². The average Bonchev–Trinajstić information content (AvgIpc) is 2.34. The molecule has 0 heterocycles. The maximum Gasteiger partial charge on any atom is 0.237 e. The van der Waals surface area contributed by atoms with Crippen molar-refractivity contribution in [2.45, 2.75) is 39.8 Å². The van der Waals surface area contributed by atoms with Gasteiger partial charge < -0.3 is 5.32 Å². The maximum absolute atomic E-state index is 12.0. The van der Waals surface area contributed by atoms with E-state index in [1.807, 2.05) is 18.2 Å². The van der Waals surface area contributed by atoms with Crippen molar-refractivity contribution >= 4 is 5.91 Å². The van der Waals surface area contributed by atoms with E-state index < -0.39 is 0 Å². The van der Waals surface area contributed by atoms with Crippen LogP contribution in [0.2, 0.25) is 0 Å². The zero-order valence-corrected chi connectivity index (χ0v) is 11.9. The maximum atomic E-state index is 12.0. The Bertz CT molecular complexity index is 381. The molecule has 1 amide bonds. The van der Waals surface area contributed by atoms with E-state index in [4.69, 9.17) is 0 Å². The quantitative estimate of drug-likeness (QED) is 0.859. The number of carbonyl (C=O) groups excluding carboxylic acids is 1. The normalized spacial score (nSPS) is 14.9. The van der Waals surface area contributed by atoms with Crippen LogP contribution in [0.15, 0.2) is 30.3 Å². The van der Waals surface area contributed by atoms with E-state index in [9.17, 15) is 4.79 Å². The summed E-state index contributed by atoms with van der Waals surface area (Å²) in [5.41, 5.74) is 1.07. The molecule has 100 valence electrons. The predicted molar refractivity (Wildman–Crippen MR) is 75.3 cm³/mol. The molecule has 0 aliphatic heterocycles. The monoisotopic (exact) mass is 248 g/mol. The topological polar surface area (TPSA) is 41.1 Å². The van der Waals surface area contributed by atoms with E-state index in [-0.39, 0.29) is 23.4 Å². The molecule has 1 aromatic rings. The van der Waals surface area contributed by atoms with Crippen molar-refractivity contribution in [1.82, 2.24) is 10.6 Å². The number of likely N-dealkylation sites (N-methyl/N-ethyl adjacent to an activating group) is 1. The third-order valence-corrected chi connectivity index (χ3v) is 3.09. The summed E-state index contributed by atoms with van der Waals surface area (Å²) >= 11 is 0. The Morgan fingerprint density at radius 1 is 1.17 bits per heavy atom. The summed E-state index contributed by atoms with van der Waals surface area (Å²) in [6, 6.07) is 10.1. The minimum Gasteiger partial charge on any atom is -0.358 e. The fourth-order valence-electron chi connectivity index (χ4n) is 1.95. The van der Waals surface area contributed by atoms with Crippen LogP contribution in [0.5, 0.6) is 0 Å². The highest BCUT2D eigenvalue weighted by molar-refractivity contribution is 5.82. The lowest BCUT2D eigenvalue weighted by molar-refractivity contribution is -0.125. The lowest BCUT2D eigenvalue weighted by Crippen LogP contribution is -2.51. The molecule has 2 N–H and O–H groups in total. The standard InChI is InChI=1S/C15H24N2O/c1-11(12-9-7-6-8-10-12)17-13(14(18)16-5)15(2,3)4/h6-11,13,17H,1-5H3,(H,16,18)/t11-,13?/m0/s1. The Balaban J connectivity index is 2.82. The van der Waals surface area contributed by atoms with Gasteiger partial charge in [0.2, 0.25) is 5.91 Å². The molecule has 2 atom stereocenters. The van der Waals surface area contributed by atoms with Gasteiger partial charge >= 0.3 is 0 Å². The fraction of sp³-hybridized carbons (Fsp3) is 0.533. The van der Waals surface area contributed by atoms with E-state index in [0.29, 0.717) is 0 Å². The van der Waals surface area contributed by atoms with Crippen LogP contribution in [0.3, 0.4) is 0 Å². The number of amides is 1. The number of rotatable bonds is 4. The van der Waals surface area contributed by atoms with Gasteiger partial charge in [0.15, 0.2) is 0 Å². The van der Waals surface area contributed by atoms with Crippen molar-refractivity contribution in [3.8, 4) is 0 Å². The van der Waals surface area contributed by atoms with Gasteiger partial charge in [0.25, 0.3) is 0 Å². The second kappa shape index (κ2) is 6.01. The van der Waals surface area contributed by atoms with E-state index in [1.165, 1.54) is 5.56 Å². The van der Waals surface area contributed by atoms with Crippen LogP contribution in [0.25, 0.3) is 0 Å². The van der Waals surface area contributed by atoms with Gasteiger partial charge in [-0.1, -0.05) is 51.1 Å². The molecular weight excluding hydrogens is 224 g/mol. The highest BCUT2D eigenvalue weighted by Crippen LogP contribution is 2.23. The summed E-state index contributed by atoms with van der Waals surface area (Å²) in [4.78, 5) is 12.0. The highest BCUT2D eigenvalue weighted by atomic mass is 16.2. The summed E-state index contributed by atoms with van der Waals surface area (Å²) in [5, 5.41) is 6.14. The van der Waals surface area contributed by atoms with Crippen LogP contribution in [0, 0.1) is 5.41 Å². The molecule has 0 saturated heterocycles. The predicted octanol–water partition coefficient (Wildman–Crippen LogP) is 2.50. The largest absolute Gasteiger partial charge is 0.358 e. The number of benzene rings is 1. The molecule has 3 heteroatoms. The Morgan fingerprint density at radius 2 is 1.72 bits per heavy atom. The molecule has 0 fully saturated rings. The zero-order valence-electron chi connectivity index (χ0n) is 11.9. The van der Waals surface area contributed by atoms with Crippen LogP contribution in [-0.4, -0.2) is 19.0 Å². The lowest BCUT2D eigenvalue weighted by Gasteiger charge is -2.32. The minimum absolute atomic E-state index is 0.0327. The van der Waals surface area contributed by atoms with Gasteiger partial charge in [-0.05, 0) is 17.9 Å². The van der Waals surface area contributed by atoms with Crippen molar-refractivity contribution in [3.05, 3.63) is 35.9 Å². The van der Waals surface area contributed by atoms with Crippen LogP contribution < -0.4 is 10.6 Å². The first kappa shape index (κ1) is 14.7. The molecule has 18 heavy (non-hydrogen) atoms. The first-order valence-electron chi connectivity index (χ1n) is 6.39. The number of hydrogen-bond acceptors (Lipinski definition) is 2. The van der Waals surface area contributed by atoms with Gasteiger partial charge in [-0.25, -0.2) is 0 Å². The number of hydrogen-bond donors (Lipinski definition) is 2. The van der Waals surface area contributed by atoms with Crippen LogP contribution in [0.1, 0.15) is 39.3 Å². The van der Waals surface area contributed by atoms with E-state index in [1.54, 1.807) is 7.05 Å². The Hall–Kier alpha value is -1.35. The molecule has 0 aliphatic rings. The van der Waals surface area contributed by atoms with Crippen molar-refractivity contribution in [2.24, 2.45) is 5.41 Å². The Labute approximate surface area is 110 Å². The lowest BCUT2D eigenvalue weighted by atomic mass is 9.85. The minimum atomic E-state index is -0.210. The first-order chi connectivity index (χ1) is 8.36. The molecule has 0 bridgehead atoms. The summed E-state index contributed by atoms with van der Waals surface area (Å²) in [5.74, 6) is 0.0327. The Kier molecular flexibility index (Phi) is 4.91. The van der Waals surface area contributed by atoms with Gasteiger partial charge in [0.1, 0.15) is 0 Å². The molecule has 1 aromatic carbocycles. The molecule has 0 radical (unpaired) electrons. The summed E-state index contributed by atoms with van der Waals surface area (Å²) < 4.78 is 0. The van der Waals surface area contributed by atoms with Gasteiger partial charge in [0, 0.05) is 13.1 Å². The van der Waals surface area contributed by atoms with Gasteiger partial charge in [-0.15, -0.1) is 0 Å². The fourth-order valence-corrected chi connectivity index (χ4v) is 1.95. The smallest absolute Gasteiger partial charge is 0.237 e. The third kappa shape index (κ3) is 3.84. The summed E-state index contributed by atoms with van der Waals surface area (Å²) in [6.45, 7) is 8.28. The second-order valence-corrected chi connectivity index (χ2v) is 5.71. The second-order valence-electron chi connectivity index (χ2n) is 5.71. The molecule has 1 unspecified atom stereocenters. The zero-order chi connectivity index (χ0) is 13.8. The average molecular weight is 248 g/mol. The molecule has 0 aromatic heterocycles. The van der Waals surface area contributed by atoms with Gasteiger partial charge in [0.05, 0.1) is 6.04 Å². The van der Waals surface area contributed by atoms with Crippen LogP contribution in [-0.2, 0) is 4.79 Å². The van der Waals surface area contributed by atoms with Crippen molar-refractivity contribution in [1.29, 1.82) is 0 Å². The molecule has 0 saturated carbocycles. The van der Waals surface area contributed by atoms with Crippen molar-refractivity contribution in [2.75, 3.05) is 7.05 Å². The number of carbonyl (C=O) groups is 1. The molecule has 3 nitrogen and oxygen atoms in total.